The number of rotatable bonds is 2. The van der Waals surface area contributed by atoms with E-state index in [1.165, 1.54) is 7.05 Å². The molecule has 0 atom stereocenters. The van der Waals surface area contributed by atoms with Crippen molar-refractivity contribution in [3.63, 3.8) is 0 Å². The maximum absolute atomic E-state index is 12.4. The van der Waals surface area contributed by atoms with Gasteiger partial charge in [0.1, 0.15) is 23.2 Å². The van der Waals surface area contributed by atoms with Crippen molar-refractivity contribution in [2.24, 2.45) is 0 Å². The average molecular weight is 367 g/mol. The number of benzene rings is 1. The third-order valence-electron chi connectivity index (χ3n) is 4.39. The van der Waals surface area contributed by atoms with Gasteiger partial charge in [-0.2, -0.15) is 5.26 Å². The molecule has 26 heavy (non-hydrogen) atoms. The molecule has 6 heteroatoms. The van der Waals surface area contributed by atoms with E-state index in [-0.39, 0.29) is 11.1 Å². The van der Waals surface area contributed by atoms with Crippen LogP contribution in [0, 0.1) is 18.3 Å². The molecular formula is C20H15ClN2O3. The molecule has 0 aliphatic carbocycles. The lowest BCUT2D eigenvalue weighted by Gasteiger charge is -2.23. The summed E-state index contributed by atoms with van der Waals surface area (Å²) in [6, 6.07) is 10.9. The number of carbonyl (C=O) groups is 2. The van der Waals surface area contributed by atoms with E-state index < -0.39 is 11.8 Å². The van der Waals surface area contributed by atoms with E-state index in [0.717, 1.165) is 16.0 Å². The summed E-state index contributed by atoms with van der Waals surface area (Å²) in [4.78, 5) is 25.3. The normalized spacial score (nSPS) is 16.4. The summed E-state index contributed by atoms with van der Waals surface area (Å²) in [5, 5.41) is 9.84. The SMILES string of the molecule is CC1=C(C#N)C(=O)N(C)C(=O)C1=Cc1ccc(-c2cccc(Cl)c2C)o1. The summed E-state index contributed by atoms with van der Waals surface area (Å²) in [5.41, 5.74) is 2.31. The summed E-state index contributed by atoms with van der Waals surface area (Å²) < 4.78 is 5.84. The van der Waals surface area contributed by atoms with Gasteiger partial charge in [0, 0.05) is 23.2 Å². The highest BCUT2D eigenvalue weighted by atomic mass is 35.5. The van der Waals surface area contributed by atoms with Gasteiger partial charge in [-0.1, -0.05) is 23.7 Å². The van der Waals surface area contributed by atoms with E-state index in [0.29, 0.717) is 22.1 Å². The number of amides is 2. The van der Waals surface area contributed by atoms with E-state index >= 15 is 0 Å². The molecule has 1 aliphatic heterocycles. The van der Waals surface area contributed by atoms with Crippen molar-refractivity contribution in [1.82, 2.24) is 4.90 Å². The van der Waals surface area contributed by atoms with Gasteiger partial charge in [0.25, 0.3) is 11.8 Å². The molecule has 0 radical (unpaired) electrons. The van der Waals surface area contributed by atoms with Crippen LogP contribution in [0.25, 0.3) is 17.4 Å². The van der Waals surface area contributed by atoms with Gasteiger partial charge in [0.05, 0.1) is 0 Å². The molecule has 130 valence electrons. The number of imide groups is 1. The molecule has 0 unspecified atom stereocenters. The third-order valence-corrected chi connectivity index (χ3v) is 4.80. The van der Waals surface area contributed by atoms with Crippen LogP contribution in [0.5, 0.6) is 0 Å². The first-order chi connectivity index (χ1) is 12.3. The van der Waals surface area contributed by atoms with E-state index in [2.05, 4.69) is 0 Å². The van der Waals surface area contributed by atoms with Crippen LogP contribution in [0.3, 0.4) is 0 Å². The highest BCUT2D eigenvalue weighted by Crippen LogP contribution is 2.31. The summed E-state index contributed by atoms with van der Waals surface area (Å²) in [7, 11) is 1.35. The number of hydrogen-bond acceptors (Lipinski definition) is 4. The fourth-order valence-corrected chi connectivity index (χ4v) is 2.96. The van der Waals surface area contributed by atoms with Crippen LogP contribution in [-0.4, -0.2) is 23.8 Å². The van der Waals surface area contributed by atoms with Gasteiger partial charge in [-0.3, -0.25) is 14.5 Å². The smallest absolute Gasteiger partial charge is 0.271 e. The Bertz CT molecular complexity index is 1040. The van der Waals surface area contributed by atoms with Crippen molar-refractivity contribution in [2.45, 2.75) is 13.8 Å². The monoisotopic (exact) mass is 366 g/mol. The quantitative estimate of drug-likeness (QED) is 0.591. The van der Waals surface area contributed by atoms with Crippen molar-refractivity contribution >= 4 is 29.5 Å². The van der Waals surface area contributed by atoms with Crippen molar-refractivity contribution in [3.05, 3.63) is 63.4 Å². The Balaban J connectivity index is 2.06. The zero-order valence-electron chi connectivity index (χ0n) is 14.5. The van der Waals surface area contributed by atoms with Crippen molar-refractivity contribution in [2.75, 3.05) is 7.05 Å². The van der Waals surface area contributed by atoms with Gasteiger partial charge in [-0.05, 0) is 49.3 Å². The van der Waals surface area contributed by atoms with Crippen LogP contribution in [0.2, 0.25) is 5.02 Å². The van der Waals surface area contributed by atoms with Gasteiger partial charge in [0.2, 0.25) is 0 Å². The van der Waals surface area contributed by atoms with Crippen LogP contribution in [0.1, 0.15) is 18.2 Å². The summed E-state index contributed by atoms with van der Waals surface area (Å²) in [5.74, 6) is -0.000912. The number of likely N-dealkylation sites (N-methyl/N-ethyl adjacent to an activating group) is 1. The molecule has 2 heterocycles. The van der Waals surface area contributed by atoms with Crippen LogP contribution in [0.15, 0.2) is 51.5 Å². The molecule has 3 rings (SSSR count). The van der Waals surface area contributed by atoms with Crippen LogP contribution >= 0.6 is 11.6 Å². The molecule has 0 bridgehead atoms. The standard InChI is InChI=1S/C20H15ClN2O3/c1-11-15(19(24)23(3)20(25)16(11)10-22)9-13-7-8-18(26-13)14-5-4-6-17(21)12(14)2/h4-9H,1-3H3. The fourth-order valence-electron chi connectivity index (χ4n) is 2.79. The lowest BCUT2D eigenvalue weighted by molar-refractivity contribution is -0.138. The molecule has 5 nitrogen and oxygen atoms in total. The van der Waals surface area contributed by atoms with Gasteiger partial charge in [-0.15, -0.1) is 0 Å². The molecule has 2 amide bonds. The van der Waals surface area contributed by atoms with Gasteiger partial charge in [-0.25, -0.2) is 0 Å². The Morgan fingerprint density at radius 1 is 1.15 bits per heavy atom. The summed E-state index contributed by atoms with van der Waals surface area (Å²) in [6.45, 7) is 3.48. The topological polar surface area (TPSA) is 74.3 Å². The Labute approximate surface area is 155 Å². The molecule has 1 aromatic carbocycles. The minimum atomic E-state index is -0.596. The van der Waals surface area contributed by atoms with Crippen LogP contribution < -0.4 is 0 Å². The largest absolute Gasteiger partial charge is 0.457 e. The van der Waals surface area contributed by atoms with Crippen molar-refractivity contribution in [3.8, 4) is 17.4 Å². The third kappa shape index (κ3) is 2.85. The number of halogens is 1. The van der Waals surface area contributed by atoms with E-state index in [4.69, 9.17) is 16.0 Å². The Morgan fingerprint density at radius 2 is 1.88 bits per heavy atom. The second kappa shape index (κ2) is 6.66. The highest BCUT2D eigenvalue weighted by molar-refractivity contribution is 6.31. The first-order valence-corrected chi connectivity index (χ1v) is 8.23. The number of furan rings is 1. The number of nitriles is 1. The minimum absolute atomic E-state index is 0.0455. The number of carbonyl (C=O) groups excluding carboxylic acids is 2. The number of nitrogens with zero attached hydrogens (tertiary/aromatic N) is 2. The van der Waals surface area contributed by atoms with E-state index in [1.807, 2.05) is 25.1 Å². The highest BCUT2D eigenvalue weighted by Gasteiger charge is 2.33. The predicted molar refractivity (Wildman–Crippen MR) is 98.0 cm³/mol. The van der Waals surface area contributed by atoms with E-state index in [9.17, 15) is 14.9 Å². The molecule has 1 aromatic heterocycles. The maximum atomic E-state index is 12.4. The molecule has 1 aliphatic rings. The zero-order chi connectivity index (χ0) is 19.0. The average Bonchev–Trinajstić information content (AvgIpc) is 3.08. The summed E-state index contributed by atoms with van der Waals surface area (Å²) in [6.07, 6.45) is 1.54. The van der Waals surface area contributed by atoms with Crippen molar-refractivity contribution in [1.29, 1.82) is 5.26 Å². The molecule has 2 aromatic rings. The Morgan fingerprint density at radius 3 is 2.58 bits per heavy atom. The predicted octanol–water partition coefficient (Wildman–Crippen LogP) is 4.13. The second-order valence-electron chi connectivity index (χ2n) is 5.95. The second-order valence-corrected chi connectivity index (χ2v) is 6.36. The van der Waals surface area contributed by atoms with Crippen molar-refractivity contribution < 1.29 is 14.0 Å². The molecule has 0 fully saturated rings. The van der Waals surface area contributed by atoms with Gasteiger partial charge < -0.3 is 4.42 Å². The zero-order valence-corrected chi connectivity index (χ0v) is 15.2. The lowest BCUT2D eigenvalue weighted by atomic mass is 9.95. The molecule has 0 N–H and O–H groups in total. The lowest BCUT2D eigenvalue weighted by Crippen LogP contribution is -2.39. The van der Waals surface area contributed by atoms with Crippen LogP contribution in [0.4, 0.5) is 0 Å². The molecule has 0 saturated carbocycles. The minimum Gasteiger partial charge on any atom is -0.457 e. The van der Waals surface area contributed by atoms with Crippen LogP contribution in [-0.2, 0) is 9.59 Å². The molecular weight excluding hydrogens is 352 g/mol. The van der Waals surface area contributed by atoms with Gasteiger partial charge >= 0.3 is 0 Å². The first-order valence-electron chi connectivity index (χ1n) is 7.86. The van der Waals surface area contributed by atoms with Gasteiger partial charge in [0.15, 0.2) is 0 Å². The molecule has 0 saturated heterocycles. The maximum Gasteiger partial charge on any atom is 0.271 e. The number of hydrogen-bond donors (Lipinski definition) is 0. The Hall–Kier alpha value is -3.10. The Kier molecular flexibility index (Phi) is 4.54. The summed E-state index contributed by atoms with van der Waals surface area (Å²) >= 11 is 6.15. The first kappa shape index (κ1) is 17.7. The van der Waals surface area contributed by atoms with E-state index in [1.54, 1.807) is 31.2 Å². The fraction of sp³-hybridized carbons (Fsp3) is 0.150. The molecule has 0 spiro atoms.